The highest BCUT2D eigenvalue weighted by atomic mass is 35.5. The van der Waals surface area contributed by atoms with E-state index in [1.165, 1.54) is 11.3 Å². The normalized spacial score (nSPS) is 11.1. The third kappa shape index (κ3) is 4.79. The largest absolute Gasteiger partial charge is 0.497 e. The number of likely N-dealkylation sites (N-methyl/N-ethyl adjacent to an activating group) is 1. The molecule has 0 amide bonds. The Bertz CT molecular complexity index is 983. The quantitative estimate of drug-likeness (QED) is 0.485. The second-order valence-corrected chi connectivity index (χ2v) is 8.27. The Labute approximate surface area is 174 Å². The number of Topliss-reactive ketones (excluding diaryl/α,β-unsaturated/α-hetero) is 1. The molecule has 0 aliphatic rings. The van der Waals surface area contributed by atoms with Crippen molar-refractivity contribution in [3.63, 3.8) is 0 Å². The van der Waals surface area contributed by atoms with E-state index in [9.17, 15) is 4.79 Å². The zero-order chi connectivity index (χ0) is 20.3. The van der Waals surface area contributed by atoms with Crippen LogP contribution in [-0.2, 0) is 6.54 Å². The summed E-state index contributed by atoms with van der Waals surface area (Å²) in [5, 5.41) is 1.55. The van der Waals surface area contributed by atoms with Crippen molar-refractivity contribution in [1.82, 2.24) is 9.88 Å². The molecule has 2 aromatic carbocycles. The number of hydrogen-bond donors (Lipinski definition) is 0. The zero-order valence-electron chi connectivity index (χ0n) is 16.5. The van der Waals surface area contributed by atoms with Gasteiger partial charge >= 0.3 is 0 Å². The lowest BCUT2D eigenvalue weighted by Crippen LogP contribution is -2.25. The number of nitrogens with zero attached hydrogens (tertiary/aromatic N) is 2. The Morgan fingerprint density at radius 3 is 2.54 bits per heavy atom. The summed E-state index contributed by atoms with van der Waals surface area (Å²) >= 11 is 7.50. The fraction of sp³-hybridized carbons (Fsp3) is 0.273. The summed E-state index contributed by atoms with van der Waals surface area (Å²) in [7, 11) is 3.60. The lowest BCUT2D eigenvalue weighted by Gasteiger charge is -2.15. The number of methoxy groups -OCH3 is 1. The predicted octanol–water partition coefficient (Wildman–Crippen LogP) is 5.40. The molecule has 0 N–H and O–H groups in total. The van der Waals surface area contributed by atoms with Gasteiger partial charge in [-0.25, -0.2) is 4.98 Å². The summed E-state index contributed by atoms with van der Waals surface area (Å²) in [5.74, 6) is 0.914. The summed E-state index contributed by atoms with van der Waals surface area (Å²) in [6, 6.07) is 13.6. The Morgan fingerprint density at radius 2 is 1.89 bits per heavy atom. The van der Waals surface area contributed by atoms with Crippen LogP contribution in [0.1, 0.15) is 26.5 Å². The van der Waals surface area contributed by atoms with Gasteiger partial charge in [-0.3, -0.25) is 9.69 Å². The van der Waals surface area contributed by atoms with Crippen molar-refractivity contribution in [1.29, 1.82) is 0 Å². The first-order valence-corrected chi connectivity index (χ1v) is 10.2. The number of benzene rings is 2. The lowest BCUT2D eigenvalue weighted by atomic mass is 10.1. The third-order valence-corrected chi connectivity index (χ3v) is 5.96. The first-order chi connectivity index (χ1) is 13.4. The molecule has 0 aliphatic heterocycles. The number of carbonyl (C=O) groups is 1. The monoisotopic (exact) mass is 414 g/mol. The molecule has 0 aliphatic carbocycles. The van der Waals surface area contributed by atoms with E-state index in [-0.39, 0.29) is 5.78 Å². The van der Waals surface area contributed by atoms with Crippen LogP contribution >= 0.6 is 22.9 Å². The molecule has 0 saturated carbocycles. The first-order valence-electron chi connectivity index (χ1n) is 8.96. The number of hydrogen-bond acceptors (Lipinski definition) is 5. The van der Waals surface area contributed by atoms with Crippen LogP contribution < -0.4 is 4.74 Å². The minimum atomic E-state index is 0.0869. The second-order valence-electron chi connectivity index (χ2n) is 6.84. The zero-order valence-corrected chi connectivity index (χ0v) is 18.0. The Balaban J connectivity index is 1.70. The van der Waals surface area contributed by atoms with E-state index >= 15 is 0 Å². The predicted molar refractivity (Wildman–Crippen MR) is 116 cm³/mol. The summed E-state index contributed by atoms with van der Waals surface area (Å²) in [5.41, 5.74) is 3.98. The van der Waals surface area contributed by atoms with Gasteiger partial charge in [-0.15, -0.1) is 11.3 Å². The highest BCUT2D eigenvalue weighted by Gasteiger charge is 2.18. The molecule has 0 spiro atoms. The summed E-state index contributed by atoms with van der Waals surface area (Å²) in [4.78, 5) is 20.2. The van der Waals surface area contributed by atoms with Gasteiger partial charge in [-0.2, -0.15) is 0 Å². The molecule has 28 heavy (non-hydrogen) atoms. The van der Waals surface area contributed by atoms with Crippen molar-refractivity contribution >= 4 is 28.7 Å². The van der Waals surface area contributed by atoms with Crippen LogP contribution in [0.15, 0.2) is 42.5 Å². The van der Waals surface area contributed by atoms with Crippen molar-refractivity contribution in [2.75, 3.05) is 20.7 Å². The molecule has 3 rings (SSSR count). The Morgan fingerprint density at radius 1 is 1.18 bits per heavy atom. The smallest absolute Gasteiger partial charge is 0.188 e. The van der Waals surface area contributed by atoms with E-state index in [1.807, 2.05) is 68.3 Å². The van der Waals surface area contributed by atoms with E-state index in [0.29, 0.717) is 23.0 Å². The molecule has 0 saturated heterocycles. The SMILES string of the molecule is COc1ccc(CN(C)CC(=O)c2sc(-c3ccc(Cl)cc3C)nc2C)cc1. The van der Waals surface area contributed by atoms with E-state index in [1.54, 1.807) is 7.11 Å². The third-order valence-electron chi connectivity index (χ3n) is 4.49. The highest BCUT2D eigenvalue weighted by Crippen LogP contribution is 2.31. The van der Waals surface area contributed by atoms with Crippen LogP contribution in [0.4, 0.5) is 0 Å². The summed E-state index contributed by atoms with van der Waals surface area (Å²) in [6.45, 7) is 4.93. The number of carbonyl (C=O) groups excluding carboxylic acids is 1. The molecular weight excluding hydrogens is 392 g/mol. The van der Waals surface area contributed by atoms with Crippen LogP contribution in [0.25, 0.3) is 10.6 Å². The Kier molecular flexibility index (Phi) is 6.50. The molecule has 0 unspecified atom stereocenters. The first kappa shape index (κ1) is 20.5. The number of aryl methyl sites for hydroxylation is 2. The molecule has 4 nitrogen and oxygen atoms in total. The van der Waals surface area contributed by atoms with Crippen LogP contribution in [0.3, 0.4) is 0 Å². The molecule has 1 heterocycles. The molecule has 146 valence electrons. The van der Waals surface area contributed by atoms with Crippen LogP contribution in [0, 0.1) is 13.8 Å². The molecule has 0 bridgehead atoms. The fourth-order valence-electron chi connectivity index (χ4n) is 3.05. The summed E-state index contributed by atoms with van der Waals surface area (Å²) in [6.07, 6.45) is 0. The van der Waals surface area contributed by atoms with Crippen molar-refractivity contribution in [3.8, 4) is 16.3 Å². The van der Waals surface area contributed by atoms with Crippen molar-refractivity contribution in [2.45, 2.75) is 20.4 Å². The van der Waals surface area contributed by atoms with Crippen molar-refractivity contribution < 1.29 is 9.53 Å². The van der Waals surface area contributed by atoms with Crippen molar-refractivity contribution in [2.24, 2.45) is 0 Å². The summed E-state index contributed by atoms with van der Waals surface area (Å²) < 4.78 is 5.18. The maximum Gasteiger partial charge on any atom is 0.188 e. The molecule has 0 atom stereocenters. The fourth-order valence-corrected chi connectivity index (χ4v) is 4.37. The number of halogens is 1. The number of aromatic nitrogens is 1. The van der Waals surface area contributed by atoms with E-state index < -0.39 is 0 Å². The maximum atomic E-state index is 12.8. The standard InChI is InChI=1S/C22H23ClN2O2S/c1-14-11-17(23)7-10-19(14)22-24-15(2)21(28-22)20(26)13-25(3)12-16-5-8-18(27-4)9-6-16/h5-11H,12-13H2,1-4H3. The maximum absolute atomic E-state index is 12.8. The number of rotatable bonds is 7. The molecule has 3 aromatic rings. The van der Waals surface area contributed by atoms with Gasteiger partial charge in [-0.05, 0) is 56.3 Å². The number of thiazole rings is 1. The average molecular weight is 415 g/mol. The molecule has 6 heteroatoms. The van der Waals surface area contributed by atoms with Crippen LogP contribution in [-0.4, -0.2) is 36.4 Å². The van der Waals surface area contributed by atoms with Crippen LogP contribution in [0.2, 0.25) is 5.02 Å². The number of ether oxygens (including phenoxy) is 1. The molecule has 1 aromatic heterocycles. The van der Waals surface area contributed by atoms with Gasteiger partial charge in [-0.1, -0.05) is 29.8 Å². The lowest BCUT2D eigenvalue weighted by molar-refractivity contribution is 0.0946. The molecular formula is C22H23ClN2O2S. The van der Waals surface area contributed by atoms with Gasteiger partial charge in [0.05, 0.1) is 24.2 Å². The highest BCUT2D eigenvalue weighted by molar-refractivity contribution is 7.17. The minimum Gasteiger partial charge on any atom is -0.497 e. The van der Waals surface area contributed by atoms with E-state index in [4.69, 9.17) is 16.3 Å². The van der Waals surface area contributed by atoms with Gasteiger partial charge in [0.1, 0.15) is 10.8 Å². The van der Waals surface area contributed by atoms with E-state index in [2.05, 4.69) is 4.98 Å². The topological polar surface area (TPSA) is 42.4 Å². The molecule has 0 fully saturated rings. The van der Waals surface area contributed by atoms with Crippen molar-refractivity contribution in [3.05, 3.63) is 69.2 Å². The average Bonchev–Trinajstić information content (AvgIpc) is 3.03. The molecule has 0 radical (unpaired) electrons. The Hall–Kier alpha value is -2.21. The number of ketones is 1. The second kappa shape index (κ2) is 8.86. The van der Waals surface area contributed by atoms with Crippen LogP contribution in [0.5, 0.6) is 5.75 Å². The minimum absolute atomic E-state index is 0.0869. The van der Waals surface area contributed by atoms with Gasteiger partial charge in [0.2, 0.25) is 0 Å². The van der Waals surface area contributed by atoms with Gasteiger partial charge in [0.15, 0.2) is 5.78 Å². The van der Waals surface area contributed by atoms with Gasteiger partial charge in [0.25, 0.3) is 0 Å². The van der Waals surface area contributed by atoms with Gasteiger partial charge < -0.3 is 4.74 Å². The van der Waals surface area contributed by atoms with Gasteiger partial charge in [0, 0.05) is 17.1 Å². The van der Waals surface area contributed by atoms with E-state index in [0.717, 1.165) is 33.1 Å².